The summed E-state index contributed by atoms with van der Waals surface area (Å²) in [5.74, 6) is 0.404. The summed E-state index contributed by atoms with van der Waals surface area (Å²) in [5.41, 5.74) is 0.808. The fourth-order valence-corrected chi connectivity index (χ4v) is 3.57. The summed E-state index contributed by atoms with van der Waals surface area (Å²) in [5, 5.41) is 12.0. The fourth-order valence-electron chi connectivity index (χ4n) is 3.36. The predicted octanol–water partition coefficient (Wildman–Crippen LogP) is 3.41. The number of likely N-dealkylation sites (tertiary alicyclic amines) is 1. The fraction of sp³-hybridized carbons (Fsp3) is 0.500. The second kappa shape index (κ2) is 8.87. The average Bonchev–Trinajstić information content (AvgIpc) is 2.65. The van der Waals surface area contributed by atoms with Crippen molar-refractivity contribution in [2.24, 2.45) is 0 Å². The van der Waals surface area contributed by atoms with Gasteiger partial charge in [0, 0.05) is 30.9 Å². The normalized spacial score (nSPS) is 16.9. The summed E-state index contributed by atoms with van der Waals surface area (Å²) in [6, 6.07) is 8.16. The molecule has 0 saturated carbocycles. The first-order valence-electron chi connectivity index (χ1n) is 9.36. The Kier molecular flexibility index (Phi) is 6.52. The van der Waals surface area contributed by atoms with E-state index in [2.05, 4.69) is 20.9 Å². The second-order valence-electron chi connectivity index (χ2n) is 6.68. The van der Waals surface area contributed by atoms with Crippen molar-refractivity contribution in [3.05, 3.63) is 46.6 Å². The molecule has 146 valence electrons. The average molecular weight is 392 g/mol. The zero-order valence-corrected chi connectivity index (χ0v) is 16.6. The molecular formula is C20H26ClN3O3. The minimum Gasteiger partial charge on any atom is -0.478 e. The van der Waals surface area contributed by atoms with E-state index in [4.69, 9.17) is 21.1 Å². The van der Waals surface area contributed by atoms with Gasteiger partial charge in [-0.1, -0.05) is 23.7 Å². The van der Waals surface area contributed by atoms with Gasteiger partial charge in [-0.15, -0.1) is 0 Å². The summed E-state index contributed by atoms with van der Waals surface area (Å²) in [4.78, 5) is 10.9. The zero-order valence-electron chi connectivity index (χ0n) is 15.8. The lowest BCUT2D eigenvalue weighted by Gasteiger charge is -2.38. The van der Waals surface area contributed by atoms with Gasteiger partial charge in [0.25, 0.3) is 0 Å². The number of piperidine rings is 1. The molecule has 2 heterocycles. The van der Waals surface area contributed by atoms with Crippen molar-refractivity contribution in [2.45, 2.75) is 38.8 Å². The Morgan fingerprint density at radius 1 is 1.19 bits per heavy atom. The van der Waals surface area contributed by atoms with E-state index in [1.807, 2.05) is 32.0 Å². The molecule has 1 aliphatic heterocycles. The molecule has 1 aromatic carbocycles. The van der Waals surface area contributed by atoms with Crippen molar-refractivity contribution < 1.29 is 14.6 Å². The van der Waals surface area contributed by atoms with E-state index in [-0.39, 0.29) is 6.01 Å². The van der Waals surface area contributed by atoms with Crippen LogP contribution in [0.1, 0.15) is 37.8 Å². The molecule has 0 spiro atoms. The quantitative estimate of drug-likeness (QED) is 0.780. The Labute approximate surface area is 165 Å². The third kappa shape index (κ3) is 4.89. The Hall–Kier alpha value is -1.89. The van der Waals surface area contributed by atoms with E-state index in [9.17, 15) is 5.11 Å². The number of benzene rings is 1. The first-order valence-corrected chi connectivity index (χ1v) is 9.74. The van der Waals surface area contributed by atoms with Crippen LogP contribution in [0.25, 0.3) is 0 Å². The van der Waals surface area contributed by atoms with Crippen LogP contribution >= 0.6 is 11.6 Å². The standard InChI is InChI=1S/C20H26ClN3O3/c1-3-26-18-17(13-22-19(23-18)27-4-2)20(25)8-10-24(11-9-20)14-15-6-5-7-16(21)12-15/h5-7,12-13,25H,3-4,8-11,14H2,1-2H3. The van der Waals surface area contributed by atoms with E-state index >= 15 is 0 Å². The SMILES string of the molecule is CCOc1ncc(C2(O)CCN(Cc3cccc(Cl)c3)CC2)c(OCC)n1. The van der Waals surface area contributed by atoms with Crippen LogP contribution in [0, 0.1) is 0 Å². The van der Waals surface area contributed by atoms with Gasteiger partial charge >= 0.3 is 6.01 Å². The number of hydrogen-bond donors (Lipinski definition) is 1. The van der Waals surface area contributed by atoms with E-state index in [0.29, 0.717) is 37.5 Å². The molecule has 6 nitrogen and oxygen atoms in total. The number of ether oxygens (including phenoxy) is 2. The summed E-state index contributed by atoms with van der Waals surface area (Å²) >= 11 is 6.07. The van der Waals surface area contributed by atoms with Crippen molar-refractivity contribution in [2.75, 3.05) is 26.3 Å². The highest BCUT2D eigenvalue weighted by Crippen LogP contribution is 2.38. The minimum absolute atomic E-state index is 0.270. The van der Waals surface area contributed by atoms with E-state index in [0.717, 1.165) is 24.7 Å². The molecule has 1 fully saturated rings. The van der Waals surface area contributed by atoms with Gasteiger partial charge in [-0.2, -0.15) is 4.98 Å². The second-order valence-corrected chi connectivity index (χ2v) is 7.11. The maximum Gasteiger partial charge on any atom is 0.319 e. The van der Waals surface area contributed by atoms with Gasteiger partial charge < -0.3 is 14.6 Å². The van der Waals surface area contributed by atoms with Gasteiger partial charge in [-0.3, -0.25) is 4.90 Å². The molecule has 1 N–H and O–H groups in total. The summed E-state index contributed by atoms with van der Waals surface area (Å²) in [7, 11) is 0. The van der Waals surface area contributed by atoms with Crippen molar-refractivity contribution in [3.63, 3.8) is 0 Å². The summed E-state index contributed by atoms with van der Waals surface area (Å²) in [6.07, 6.45) is 2.81. The third-order valence-electron chi connectivity index (χ3n) is 4.77. The largest absolute Gasteiger partial charge is 0.478 e. The molecular weight excluding hydrogens is 366 g/mol. The van der Waals surface area contributed by atoms with Crippen LogP contribution in [-0.2, 0) is 12.1 Å². The third-order valence-corrected chi connectivity index (χ3v) is 5.00. The number of halogens is 1. The highest BCUT2D eigenvalue weighted by molar-refractivity contribution is 6.30. The Balaban J connectivity index is 1.71. The summed E-state index contributed by atoms with van der Waals surface area (Å²) < 4.78 is 11.0. The highest BCUT2D eigenvalue weighted by Gasteiger charge is 2.37. The summed E-state index contributed by atoms with van der Waals surface area (Å²) in [6.45, 7) is 7.06. The van der Waals surface area contributed by atoms with Gasteiger partial charge in [0.15, 0.2) is 0 Å². The number of nitrogens with zero attached hydrogens (tertiary/aromatic N) is 3. The van der Waals surface area contributed by atoms with Crippen LogP contribution in [0.15, 0.2) is 30.5 Å². The minimum atomic E-state index is -1.000. The van der Waals surface area contributed by atoms with Crippen LogP contribution in [0.5, 0.6) is 11.9 Å². The van der Waals surface area contributed by atoms with Crippen LogP contribution in [-0.4, -0.2) is 46.3 Å². The molecule has 0 amide bonds. The van der Waals surface area contributed by atoms with Gasteiger partial charge in [-0.05, 0) is 44.4 Å². The lowest BCUT2D eigenvalue weighted by atomic mass is 9.85. The molecule has 3 rings (SSSR count). The first kappa shape index (κ1) is 19.9. The maximum absolute atomic E-state index is 11.3. The monoisotopic (exact) mass is 391 g/mol. The number of rotatable bonds is 7. The molecule has 0 radical (unpaired) electrons. The van der Waals surface area contributed by atoms with Crippen molar-refractivity contribution >= 4 is 11.6 Å². The van der Waals surface area contributed by atoms with E-state index < -0.39 is 5.60 Å². The Morgan fingerprint density at radius 3 is 2.59 bits per heavy atom. The number of aliphatic hydroxyl groups is 1. The first-order chi connectivity index (χ1) is 13.0. The Morgan fingerprint density at radius 2 is 1.93 bits per heavy atom. The van der Waals surface area contributed by atoms with Gasteiger partial charge in [-0.25, -0.2) is 4.98 Å². The molecule has 1 saturated heterocycles. The molecule has 27 heavy (non-hydrogen) atoms. The molecule has 7 heteroatoms. The molecule has 0 bridgehead atoms. The Bertz CT molecular complexity index is 764. The number of hydrogen-bond acceptors (Lipinski definition) is 6. The van der Waals surface area contributed by atoms with E-state index in [1.165, 1.54) is 5.56 Å². The number of aromatic nitrogens is 2. The molecule has 1 aromatic heterocycles. The van der Waals surface area contributed by atoms with Crippen LogP contribution in [0.3, 0.4) is 0 Å². The molecule has 0 unspecified atom stereocenters. The van der Waals surface area contributed by atoms with Gasteiger partial charge in [0.2, 0.25) is 5.88 Å². The van der Waals surface area contributed by atoms with Gasteiger partial charge in [0.1, 0.15) is 0 Å². The molecule has 1 aliphatic rings. The maximum atomic E-state index is 11.3. The van der Waals surface area contributed by atoms with Crippen LogP contribution < -0.4 is 9.47 Å². The van der Waals surface area contributed by atoms with Crippen LogP contribution in [0.2, 0.25) is 5.02 Å². The molecule has 0 atom stereocenters. The zero-order chi connectivity index (χ0) is 19.3. The highest BCUT2D eigenvalue weighted by atomic mass is 35.5. The smallest absolute Gasteiger partial charge is 0.319 e. The van der Waals surface area contributed by atoms with Gasteiger partial charge in [0.05, 0.1) is 24.4 Å². The lowest BCUT2D eigenvalue weighted by Crippen LogP contribution is -2.42. The predicted molar refractivity (Wildman–Crippen MR) is 104 cm³/mol. The van der Waals surface area contributed by atoms with Crippen molar-refractivity contribution in [1.82, 2.24) is 14.9 Å². The lowest BCUT2D eigenvalue weighted by molar-refractivity contribution is -0.0303. The molecule has 2 aromatic rings. The van der Waals surface area contributed by atoms with E-state index in [1.54, 1.807) is 6.20 Å². The topological polar surface area (TPSA) is 67.7 Å². The van der Waals surface area contributed by atoms with Crippen LogP contribution in [0.4, 0.5) is 0 Å². The van der Waals surface area contributed by atoms with Crippen molar-refractivity contribution in [1.29, 1.82) is 0 Å². The molecule has 0 aliphatic carbocycles. The van der Waals surface area contributed by atoms with Crippen molar-refractivity contribution in [3.8, 4) is 11.9 Å².